The van der Waals surface area contributed by atoms with Gasteiger partial charge in [0.25, 0.3) is 0 Å². The van der Waals surface area contributed by atoms with Gasteiger partial charge >= 0.3 is 35.0 Å². The first-order valence-corrected chi connectivity index (χ1v) is 9.04. The van der Waals surface area contributed by atoms with Gasteiger partial charge in [0.2, 0.25) is 0 Å². The molecule has 0 saturated heterocycles. The molecule has 0 amide bonds. The molecular formula is C18H30MgO8. The van der Waals surface area contributed by atoms with Crippen LogP contribution in [-0.2, 0) is 28.7 Å². The van der Waals surface area contributed by atoms with E-state index in [1.165, 1.54) is 0 Å². The Morgan fingerprint density at radius 1 is 0.630 bits per heavy atom. The van der Waals surface area contributed by atoms with E-state index in [9.17, 15) is 29.4 Å². The van der Waals surface area contributed by atoms with E-state index in [-0.39, 0.29) is 23.1 Å². The molecule has 0 rings (SSSR count). The maximum atomic E-state index is 10.6. The number of ether oxygens (including phenoxy) is 2. The van der Waals surface area contributed by atoms with E-state index < -0.39 is 36.7 Å². The van der Waals surface area contributed by atoms with E-state index >= 15 is 0 Å². The summed E-state index contributed by atoms with van der Waals surface area (Å²) >= 11 is 0. The second kappa shape index (κ2) is 22.7. The van der Waals surface area contributed by atoms with Crippen LogP contribution >= 0.6 is 0 Å². The monoisotopic (exact) mass is 398 g/mol. The molecule has 0 heterocycles. The van der Waals surface area contributed by atoms with Gasteiger partial charge in [0, 0.05) is 0 Å². The van der Waals surface area contributed by atoms with Gasteiger partial charge in [-0.1, -0.05) is 52.4 Å². The Balaban J connectivity index is -0.000000411. The number of hydrogen-bond acceptors (Lipinski definition) is 8. The van der Waals surface area contributed by atoms with Crippen LogP contribution in [0.4, 0.5) is 0 Å². The summed E-state index contributed by atoms with van der Waals surface area (Å²) in [5, 5.41) is 19.9. The quantitative estimate of drug-likeness (QED) is 0.174. The molecule has 0 aliphatic rings. The van der Waals surface area contributed by atoms with Crippen LogP contribution in [0.15, 0.2) is 0 Å². The van der Waals surface area contributed by atoms with Gasteiger partial charge in [0.1, 0.15) is 0 Å². The Hall–Kier alpha value is -1.35. The Bertz CT molecular complexity index is 374. The molecule has 9 heteroatoms. The summed E-state index contributed by atoms with van der Waals surface area (Å²) in [6, 6.07) is 0. The minimum atomic E-state index is -1.39. The van der Waals surface area contributed by atoms with E-state index in [1.807, 2.05) is 0 Å². The van der Waals surface area contributed by atoms with Crippen LogP contribution in [-0.4, -0.2) is 60.1 Å². The number of rotatable bonds is 14. The van der Waals surface area contributed by atoms with E-state index in [2.05, 4.69) is 23.3 Å². The Kier molecular flexibility index (Phi) is 25.5. The zero-order chi connectivity index (χ0) is 20.2. The molecular weight excluding hydrogens is 368 g/mol. The molecule has 152 valence electrons. The summed E-state index contributed by atoms with van der Waals surface area (Å²) in [7, 11) is 0. The molecule has 0 unspecified atom stereocenters. The molecule has 0 atom stereocenters. The number of unbranched alkanes of at least 4 members (excludes halogenated alkanes) is 6. The molecule has 8 nitrogen and oxygen atoms in total. The van der Waals surface area contributed by atoms with Crippen molar-refractivity contribution in [2.45, 2.75) is 78.1 Å². The molecule has 0 aromatic rings. The van der Waals surface area contributed by atoms with Crippen molar-refractivity contribution >= 4 is 46.9 Å². The van der Waals surface area contributed by atoms with Crippen molar-refractivity contribution in [3.63, 3.8) is 0 Å². The fraction of sp³-hybridized carbons (Fsp3) is 0.778. The summed E-state index contributed by atoms with van der Waals surface area (Å²) in [6.07, 6.45) is 6.78. The maximum Gasteiger partial charge on any atom is 2.00 e. The second-order valence-corrected chi connectivity index (χ2v) is 5.66. The molecule has 0 aliphatic carbocycles. The average molecular weight is 399 g/mol. The Morgan fingerprint density at radius 2 is 0.963 bits per heavy atom. The third-order valence-electron chi connectivity index (χ3n) is 3.10. The van der Waals surface area contributed by atoms with Gasteiger partial charge in [-0.2, -0.15) is 0 Å². The van der Waals surface area contributed by atoms with E-state index in [0.717, 1.165) is 51.4 Å². The SMILES string of the molecule is CCCCCCOC(=O)CC(=O)[O-].CCCCCCOC(=O)CC(=O)[O-].[Mg+2]. The number of hydrogen-bond donors (Lipinski definition) is 0. The van der Waals surface area contributed by atoms with Gasteiger partial charge in [0.15, 0.2) is 0 Å². The fourth-order valence-corrected chi connectivity index (χ4v) is 1.77. The molecule has 0 spiro atoms. The number of carboxylic acids is 2. The average Bonchev–Trinajstić information content (AvgIpc) is 2.53. The fourth-order valence-electron chi connectivity index (χ4n) is 1.77. The van der Waals surface area contributed by atoms with Crippen LogP contribution < -0.4 is 10.2 Å². The molecule has 0 N–H and O–H groups in total. The van der Waals surface area contributed by atoms with Gasteiger partial charge in [-0.3, -0.25) is 9.59 Å². The Morgan fingerprint density at radius 3 is 1.22 bits per heavy atom. The third kappa shape index (κ3) is 29.7. The zero-order valence-electron chi connectivity index (χ0n) is 16.5. The van der Waals surface area contributed by atoms with Crippen molar-refractivity contribution in [2.24, 2.45) is 0 Å². The molecule has 27 heavy (non-hydrogen) atoms. The van der Waals surface area contributed by atoms with Gasteiger partial charge in [0.05, 0.1) is 38.0 Å². The molecule has 0 aromatic carbocycles. The van der Waals surface area contributed by atoms with Gasteiger partial charge < -0.3 is 29.3 Å². The van der Waals surface area contributed by atoms with Gasteiger partial charge in [-0.25, -0.2) is 0 Å². The van der Waals surface area contributed by atoms with Crippen molar-refractivity contribution in [1.29, 1.82) is 0 Å². The van der Waals surface area contributed by atoms with Crippen LogP contribution in [0.25, 0.3) is 0 Å². The summed E-state index contributed by atoms with van der Waals surface area (Å²) in [5.41, 5.74) is 0. The van der Waals surface area contributed by atoms with E-state index in [1.54, 1.807) is 0 Å². The van der Waals surface area contributed by atoms with Crippen molar-refractivity contribution in [1.82, 2.24) is 0 Å². The predicted molar refractivity (Wildman–Crippen MR) is 95.2 cm³/mol. The molecule has 0 aliphatic heterocycles. The standard InChI is InChI=1S/2C9H16O4.Mg/c2*1-2-3-4-5-6-13-9(12)7-8(10)11;/h2*2-7H2,1H3,(H,10,11);/q;;+2/p-2. The van der Waals surface area contributed by atoms with Crippen LogP contribution in [0.3, 0.4) is 0 Å². The first-order chi connectivity index (χ1) is 12.3. The zero-order valence-corrected chi connectivity index (χ0v) is 17.9. The smallest absolute Gasteiger partial charge is 0.550 e. The number of esters is 2. The molecule has 0 fully saturated rings. The minimum absolute atomic E-state index is 0. The van der Waals surface area contributed by atoms with Crippen LogP contribution in [0.5, 0.6) is 0 Å². The second-order valence-electron chi connectivity index (χ2n) is 5.66. The van der Waals surface area contributed by atoms with E-state index in [0.29, 0.717) is 13.2 Å². The predicted octanol–water partition coefficient (Wildman–Crippen LogP) is 0.119. The van der Waals surface area contributed by atoms with E-state index in [4.69, 9.17) is 0 Å². The first kappa shape index (κ1) is 30.4. The minimum Gasteiger partial charge on any atom is -0.550 e. The van der Waals surface area contributed by atoms with Crippen molar-refractivity contribution in [2.75, 3.05) is 13.2 Å². The molecule has 0 aromatic heterocycles. The van der Waals surface area contributed by atoms with Crippen LogP contribution in [0, 0.1) is 0 Å². The number of carbonyl (C=O) groups excluding carboxylic acids is 4. The first-order valence-electron chi connectivity index (χ1n) is 9.04. The Labute approximate surface area is 177 Å². The number of carboxylic acid groups (broad SMARTS) is 2. The van der Waals surface area contributed by atoms with Gasteiger partial charge in [-0.15, -0.1) is 0 Å². The number of aliphatic carboxylic acids is 2. The summed E-state index contributed by atoms with van der Waals surface area (Å²) in [6.45, 7) is 4.79. The van der Waals surface area contributed by atoms with Crippen molar-refractivity contribution in [3.8, 4) is 0 Å². The largest absolute Gasteiger partial charge is 2.00 e. The summed E-state index contributed by atoms with van der Waals surface area (Å²) in [4.78, 5) is 41.2. The van der Waals surface area contributed by atoms with Crippen LogP contribution in [0.1, 0.15) is 78.1 Å². The van der Waals surface area contributed by atoms with Crippen molar-refractivity contribution < 1.29 is 38.9 Å². The molecule has 0 radical (unpaired) electrons. The van der Waals surface area contributed by atoms with Crippen molar-refractivity contribution in [3.05, 3.63) is 0 Å². The summed E-state index contributed by atoms with van der Waals surface area (Å²) < 4.78 is 9.28. The van der Waals surface area contributed by atoms with Gasteiger partial charge in [-0.05, 0) is 12.8 Å². The molecule has 0 bridgehead atoms. The normalized spacial score (nSPS) is 9.26. The van der Waals surface area contributed by atoms with Crippen LogP contribution in [0.2, 0.25) is 0 Å². The number of carbonyl (C=O) groups is 4. The third-order valence-corrected chi connectivity index (χ3v) is 3.10. The maximum absolute atomic E-state index is 10.6. The molecule has 0 saturated carbocycles. The topological polar surface area (TPSA) is 133 Å². The summed E-state index contributed by atoms with van der Waals surface area (Å²) in [5.74, 6) is -4.20.